The van der Waals surface area contributed by atoms with Crippen molar-refractivity contribution in [3.05, 3.63) is 34.0 Å². The molecule has 1 atom stereocenters. The number of aryl methyl sites for hydroxylation is 3. The van der Waals surface area contributed by atoms with E-state index in [9.17, 15) is 9.59 Å². The van der Waals surface area contributed by atoms with Gasteiger partial charge < -0.3 is 10.2 Å². The lowest BCUT2D eigenvalue weighted by atomic mass is 9.97. The predicted octanol–water partition coefficient (Wildman–Crippen LogP) is 1.99. The fraction of sp³-hybridized carbons (Fsp3) is 0.556. The molecule has 3 rings (SSSR count). The van der Waals surface area contributed by atoms with Crippen LogP contribution in [0.4, 0.5) is 0 Å². The van der Waals surface area contributed by atoms with Crippen molar-refractivity contribution in [3.8, 4) is 0 Å². The van der Waals surface area contributed by atoms with Crippen LogP contribution in [0.5, 0.6) is 0 Å². The minimum Gasteiger partial charge on any atom is -0.348 e. The summed E-state index contributed by atoms with van der Waals surface area (Å²) in [6.45, 7) is 3.10. The van der Waals surface area contributed by atoms with Crippen molar-refractivity contribution in [2.24, 2.45) is 7.05 Å². The summed E-state index contributed by atoms with van der Waals surface area (Å²) < 4.78 is 1.73. The Hall–Kier alpha value is -2.22. The van der Waals surface area contributed by atoms with Gasteiger partial charge in [-0.3, -0.25) is 14.3 Å². The summed E-state index contributed by atoms with van der Waals surface area (Å²) in [5.41, 5.74) is 3.88. The zero-order valence-electron chi connectivity index (χ0n) is 15.3. The van der Waals surface area contributed by atoms with Gasteiger partial charge in [-0.2, -0.15) is 5.10 Å². The largest absolute Gasteiger partial charge is 0.348 e. The van der Waals surface area contributed by atoms with E-state index < -0.39 is 11.8 Å². The van der Waals surface area contributed by atoms with Crippen molar-refractivity contribution < 1.29 is 9.59 Å². The van der Waals surface area contributed by atoms with Gasteiger partial charge in [-0.1, -0.05) is 0 Å². The number of nitrogens with zero attached hydrogens (tertiary/aromatic N) is 4. The molecule has 2 aromatic heterocycles. The molecule has 1 aliphatic heterocycles. The zero-order valence-corrected chi connectivity index (χ0v) is 16.1. The molecular formula is C18H25N5O2S. The molecule has 1 saturated heterocycles. The average molecular weight is 375 g/mol. The van der Waals surface area contributed by atoms with Gasteiger partial charge in [0, 0.05) is 36.8 Å². The number of hydrogen-bond donors (Lipinski definition) is 1. The number of likely N-dealkylation sites (tertiary alicyclic amines) is 1. The molecule has 1 aliphatic rings. The molecule has 26 heavy (non-hydrogen) atoms. The van der Waals surface area contributed by atoms with Gasteiger partial charge in [0.15, 0.2) is 0 Å². The molecule has 1 fully saturated rings. The van der Waals surface area contributed by atoms with Crippen molar-refractivity contribution in [1.29, 1.82) is 0 Å². The van der Waals surface area contributed by atoms with E-state index >= 15 is 0 Å². The average Bonchev–Trinajstić information content (AvgIpc) is 3.26. The zero-order chi connectivity index (χ0) is 18.5. The number of nitrogens with one attached hydrogen (secondary N) is 1. The van der Waals surface area contributed by atoms with Crippen LogP contribution in [0.1, 0.15) is 47.9 Å². The highest BCUT2D eigenvalue weighted by atomic mass is 32.1. The molecule has 3 heterocycles. The summed E-state index contributed by atoms with van der Waals surface area (Å²) in [5.74, 6) is -0.950. The number of rotatable bonds is 5. The van der Waals surface area contributed by atoms with Crippen molar-refractivity contribution in [2.75, 3.05) is 13.1 Å². The molecule has 1 N–H and O–H groups in total. The van der Waals surface area contributed by atoms with Crippen molar-refractivity contribution in [1.82, 2.24) is 25.0 Å². The minimum absolute atomic E-state index is 0.0597. The Morgan fingerprint density at radius 3 is 2.92 bits per heavy atom. The highest BCUT2D eigenvalue weighted by Gasteiger charge is 2.32. The first-order valence-electron chi connectivity index (χ1n) is 9.02. The lowest BCUT2D eigenvalue weighted by molar-refractivity contribution is -0.148. The van der Waals surface area contributed by atoms with Gasteiger partial charge in [-0.15, -0.1) is 11.3 Å². The first-order chi connectivity index (χ1) is 12.6. The smallest absolute Gasteiger partial charge is 0.312 e. The van der Waals surface area contributed by atoms with Crippen LogP contribution in [0.25, 0.3) is 0 Å². The van der Waals surface area contributed by atoms with Crippen LogP contribution >= 0.6 is 11.3 Å². The molecule has 140 valence electrons. The lowest BCUT2D eigenvalue weighted by Crippen LogP contribution is -2.46. The van der Waals surface area contributed by atoms with Crippen LogP contribution in [0, 0.1) is 6.92 Å². The number of carbonyl (C=O) groups excluding carboxylic acids is 2. The van der Waals surface area contributed by atoms with E-state index in [2.05, 4.69) is 15.4 Å². The van der Waals surface area contributed by atoms with Crippen LogP contribution in [-0.4, -0.2) is 44.6 Å². The summed E-state index contributed by atoms with van der Waals surface area (Å²) in [4.78, 5) is 32.1. The number of carbonyl (C=O) groups is 2. The second kappa shape index (κ2) is 8.44. The third kappa shape index (κ3) is 4.30. The van der Waals surface area contributed by atoms with Gasteiger partial charge in [-0.25, -0.2) is 4.98 Å². The highest BCUT2D eigenvalue weighted by molar-refractivity contribution is 7.09. The predicted molar refractivity (Wildman–Crippen MR) is 99.7 cm³/mol. The Bertz CT molecular complexity index is 769. The summed E-state index contributed by atoms with van der Waals surface area (Å²) >= 11 is 1.63. The first-order valence-corrected chi connectivity index (χ1v) is 9.90. The third-order valence-electron chi connectivity index (χ3n) is 4.78. The maximum Gasteiger partial charge on any atom is 0.312 e. The second-order valence-corrected chi connectivity index (χ2v) is 7.62. The second-order valence-electron chi connectivity index (χ2n) is 6.68. The van der Waals surface area contributed by atoms with Crippen LogP contribution in [0.2, 0.25) is 0 Å². The van der Waals surface area contributed by atoms with E-state index in [1.54, 1.807) is 27.1 Å². The number of thiazole rings is 1. The minimum atomic E-state index is -0.512. The Labute approximate surface area is 157 Å². The molecule has 2 amide bonds. The standard InChI is InChI=1S/C18H25N5O2S/c1-13-16(26-12-20-13)7-5-8-19-17(24)18(25)23-9-4-3-6-15(23)14-10-21-22(2)11-14/h10-12,15H,3-9H2,1-2H3,(H,19,24). The van der Waals surface area contributed by atoms with Crippen molar-refractivity contribution in [3.63, 3.8) is 0 Å². The van der Waals surface area contributed by atoms with Gasteiger partial charge >= 0.3 is 11.8 Å². The SMILES string of the molecule is Cc1ncsc1CCCNC(=O)C(=O)N1CCCCC1c1cnn(C)c1. The molecule has 0 spiro atoms. The quantitative estimate of drug-likeness (QED) is 0.640. The van der Waals surface area contributed by atoms with Gasteiger partial charge in [0.1, 0.15) is 0 Å². The van der Waals surface area contributed by atoms with E-state index in [4.69, 9.17) is 0 Å². The number of piperidine rings is 1. The highest BCUT2D eigenvalue weighted by Crippen LogP contribution is 2.30. The number of hydrogen-bond acceptors (Lipinski definition) is 5. The molecular weight excluding hydrogens is 350 g/mol. The maximum absolute atomic E-state index is 12.6. The summed E-state index contributed by atoms with van der Waals surface area (Å²) in [6.07, 6.45) is 8.23. The van der Waals surface area contributed by atoms with E-state index in [1.165, 1.54) is 4.88 Å². The molecule has 1 unspecified atom stereocenters. The molecule has 2 aromatic rings. The van der Waals surface area contributed by atoms with Crippen LogP contribution in [0.15, 0.2) is 17.9 Å². The third-order valence-corrected chi connectivity index (χ3v) is 5.77. The van der Waals surface area contributed by atoms with E-state index in [-0.39, 0.29) is 6.04 Å². The van der Waals surface area contributed by atoms with Crippen molar-refractivity contribution in [2.45, 2.75) is 45.1 Å². The van der Waals surface area contributed by atoms with Gasteiger partial charge in [0.05, 0.1) is 23.4 Å². The Morgan fingerprint density at radius 1 is 1.38 bits per heavy atom. The Morgan fingerprint density at radius 2 is 2.23 bits per heavy atom. The topological polar surface area (TPSA) is 80.1 Å². The van der Waals surface area contributed by atoms with Crippen molar-refractivity contribution >= 4 is 23.2 Å². The Kier molecular flexibility index (Phi) is 6.03. The maximum atomic E-state index is 12.6. The van der Waals surface area contributed by atoms with Gasteiger partial charge in [-0.05, 0) is 39.0 Å². The summed E-state index contributed by atoms with van der Waals surface area (Å²) in [5, 5.41) is 6.97. The van der Waals surface area contributed by atoms with Crippen LogP contribution < -0.4 is 5.32 Å². The Balaban J connectivity index is 1.52. The molecule has 8 heteroatoms. The number of aromatic nitrogens is 3. The van der Waals surface area contributed by atoms with E-state index in [0.29, 0.717) is 13.1 Å². The molecule has 0 aliphatic carbocycles. The normalized spacial score (nSPS) is 17.3. The van der Waals surface area contributed by atoms with Crippen LogP contribution in [0.3, 0.4) is 0 Å². The molecule has 0 radical (unpaired) electrons. The van der Waals surface area contributed by atoms with E-state index in [1.807, 2.05) is 25.7 Å². The van der Waals surface area contributed by atoms with Gasteiger partial charge in [0.25, 0.3) is 0 Å². The summed E-state index contributed by atoms with van der Waals surface area (Å²) in [6, 6.07) is -0.0597. The summed E-state index contributed by atoms with van der Waals surface area (Å²) in [7, 11) is 1.86. The number of amides is 2. The lowest BCUT2D eigenvalue weighted by Gasteiger charge is -2.34. The van der Waals surface area contributed by atoms with Gasteiger partial charge in [0.2, 0.25) is 0 Å². The fourth-order valence-corrected chi connectivity index (χ4v) is 4.18. The van der Waals surface area contributed by atoms with Crippen LogP contribution in [-0.2, 0) is 23.1 Å². The fourth-order valence-electron chi connectivity index (χ4n) is 3.36. The molecule has 7 nitrogen and oxygen atoms in total. The first kappa shape index (κ1) is 18.6. The molecule has 0 bridgehead atoms. The monoisotopic (exact) mass is 375 g/mol. The van der Waals surface area contributed by atoms with E-state index in [0.717, 1.165) is 43.4 Å². The molecule has 0 aromatic carbocycles. The molecule has 0 saturated carbocycles.